The lowest BCUT2D eigenvalue weighted by Gasteiger charge is -2.30. The predicted molar refractivity (Wildman–Crippen MR) is 98.6 cm³/mol. The molecule has 1 aliphatic carbocycles. The summed E-state index contributed by atoms with van der Waals surface area (Å²) in [6.07, 6.45) is 3.48. The van der Waals surface area contributed by atoms with Crippen molar-refractivity contribution in [1.82, 2.24) is 10.6 Å². The molecule has 0 bridgehead atoms. The molecule has 0 aliphatic heterocycles. The smallest absolute Gasteiger partial charge is 0.326 e. The number of esters is 1. The van der Waals surface area contributed by atoms with E-state index in [-0.39, 0.29) is 24.4 Å². The molecule has 0 radical (unpaired) electrons. The van der Waals surface area contributed by atoms with Crippen molar-refractivity contribution < 1.29 is 19.1 Å². The number of aryl methyl sites for hydroxylation is 1. The molecule has 0 aromatic heterocycles. The molecule has 1 fully saturated rings. The summed E-state index contributed by atoms with van der Waals surface area (Å²) in [5.74, 6) is -0.838. The van der Waals surface area contributed by atoms with E-state index in [1.54, 1.807) is 25.1 Å². The summed E-state index contributed by atoms with van der Waals surface area (Å²) in [7, 11) is 0. The minimum absolute atomic E-state index is 0.137. The second-order valence-electron chi connectivity index (χ2n) is 7.06. The molecular weight excluding hydrogens is 332 g/mol. The number of rotatable bonds is 6. The first-order valence-electron chi connectivity index (χ1n) is 9.21. The van der Waals surface area contributed by atoms with E-state index >= 15 is 0 Å². The lowest BCUT2D eigenvalue weighted by molar-refractivity contribution is -0.154. The lowest BCUT2D eigenvalue weighted by atomic mass is 9.86. The maximum absolute atomic E-state index is 12.2. The first kappa shape index (κ1) is 19.9. The maximum atomic E-state index is 12.2. The molecule has 3 atom stereocenters. The highest BCUT2D eigenvalue weighted by Gasteiger charge is 2.26. The molecule has 0 heterocycles. The van der Waals surface area contributed by atoms with Crippen molar-refractivity contribution in [3.8, 4) is 0 Å². The van der Waals surface area contributed by atoms with Gasteiger partial charge in [-0.2, -0.15) is 0 Å². The van der Waals surface area contributed by atoms with E-state index in [2.05, 4.69) is 17.6 Å². The van der Waals surface area contributed by atoms with Crippen LogP contribution in [0.4, 0.5) is 0 Å². The van der Waals surface area contributed by atoms with Gasteiger partial charge in [0, 0.05) is 11.6 Å². The third kappa shape index (κ3) is 5.86. The SMILES string of the molecule is Cc1cccc(C(=O)NCC(=O)O[C@@H](C)C(=O)N[C@H]2CCCC[C@@H]2C)c1. The van der Waals surface area contributed by atoms with Gasteiger partial charge in [-0.25, -0.2) is 0 Å². The number of ether oxygens (including phenoxy) is 1. The molecule has 1 saturated carbocycles. The largest absolute Gasteiger partial charge is 0.451 e. The average molecular weight is 360 g/mol. The number of hydrogen-bond donors (Lipinski definition) is 2. The number of benzene rings is 1. The van der Waals surface area contributed by atoms with Gasteiger partial charge in [-0.3, -0.25) is 14.4 Å². The summed E-state index contributed by atoms with van der Waals surface area (Å²) >= 11 is 0. The normalized spacial score (nSPS) is 20.7. The molecular formula is C20H28N2O4. The van der Waals surface area contributed by atoms with Gasteiger partial charge in [0.1, 0.15) is 6.54 Å². The molecule has 26 heavy (non-hydrogen) atoms. The van der Waals surface area contributed by atoms with Gasteiger partial charge in [0.2, 0.25) is 0 Å². The van der Waals surface area contributed by atoms with Crippen LogP contribution >= 0.6 is 0 Å². The van der Waals surface area contributed by atoms with Crippen LogP contribution < -0.4 is 10.6 Å². The number of carbonyl (C=O) groups excluding carboxylic acids is 3. The third-order valence-electron chi connectivity index (χ3n) is 4.79. The Labute approximate surface area is 154 Å². The Balaban J connectivity index is 1.75. The number of hydrogen-bond acceptors (Lipinski definition) is 4. The maximum Gasteiger partial charge on any atom is 0.326 e. The molecule has 6 nitrogen and oxygen atoms in total. The Hall–Kier alpha value is -2.37. The van der Waals surface area contributed by atoms with Crippen molar-refractivity contribution in [2.75, 3.05) is 6.54 Å². The summed E-state index contributed by atoms with van der Waals surface area (Å²) in [6, 6.07) is 7.22. The van der Waals surface area contributed by atoms with Crippen molar-refractivity contribution in [2.24, 2.45) is 5.92 Å². The highest BCUT2D eigenvalue weighted by molar-refractivity contribution is 5.96. The van der Waals surface area contributed by atoms with Crippen LogP contribution in [0.5, 0.6) is 0 Å². The summed E-state index contributed by atoms with van der Waals surface area (Å²) in [5, 5.41) is 5.48. The standard InChI is InChI=1S/C20H28N2O4/c1-13-7-6-9-16(11-13)20(25)21-12-18(23)26-15(3)19(24)22-17-10-5-4-8-14(17)2/h6-7,9,11,14-15,17H,4-5,8,10,12H2,1-3H3,(H,21,25)(H,22,24)/t14-,15-,17-/m0/s1. The molecule has 1 aliphatic rings. The van der Waals surface area contributed by atoms with Crippen LogP contribution in [0.3, 0.4) is 0 Å². The Morgan fingerprint density at radius 3 is 2.65 bits per heavy atom. The lowest BCUT2D eigenvalue weighted by Crippen LogP contribution is -2.46. The quantitative estimate of drug-likeness (QED) is 0.763. The van der Waals surface area contributed by atoms with Crippen molar-refractivity contribution in [2.45, 2.75) is 58.6 Å². The zero-order valence-corrected chi connectivity index (χ0v) is 15.7. The molecule has 0 unspecified atom stereocenters. The van der Waals surface area contributed by atoms with E-state index in [0.29, 0.717) is 11.5 Å². The Morgan fingerprint density at radius 1 is 1.23 bits per heavy atom. The fourth-order valence-electron chi connectivity index (χ4n) is 3.16. The number of amides is 2. The van der Waals surface area contributed by atoms with Gasteiger partial charge in [-0.1, -0.05) is 37.5 Å². The minimum atomic E-state index is -0.882. The van der Waals surface area contributed by atoms with Gasteiger partial charge in [-0.05, 0) is 44.7 Å². The Bertz CT molecular complexity index is 659. The van der Waals surface area contributed by atoms with Crippen molar-refractivity contribution >= 4 is 17.8 Å². The molecule has 0 saturated heterocycles. The van der Waals surface area contributed by atoms with Gasteiger partial charge in [0.15, 0.2) is 6.10 Å². The minimum Gasteiger partial charge on any atom is -0.451 e. The van der Waals surface area contributed by atoms with Gasteiger partial charge in [-0.15, -0.1) is 0 Å². The van der Waals surface area contributed by atoms with Crippen LogP contribution in [-0.4, -0.2) is 36.5 Å². The molecule has 2 amide bonds. The predicted octanol–water partition coefficient (Wildman–Crippen LogP) is 2.35. The molecule has 1 aromatic rings. The Morgan fingerprint density at radius 2 is 1.96 bits per heavy atom. The molecule has 6 heteroatoms. The fourth-order valence-corrected chi connectivity index (χ4v) is 3.16. The van der Waals surface area contributed by atoms with Crippen LogP contribution in [0.25, 0.3) is 0 Å². The van der Waals surface area contributed by atoms with Gasteiger partial charge in [0.25, 0.3) is 11.8 Å². The highest BCUT2D eigenvalue weighted by atomic mass is 16.5. The number of carbonyl (C=O) groups is 3. The van der Waals surface area contributed by atoms with Crippen LogP contribution in [0.15, 0.2) is 24.3 Å². The third-order valence-corrected chi connectivity index (χ3v) is 4.79. The monoisotopic (exact) mass is 360 g/mol. The van der Waals surface area contributed by atoms with Gasteiger partial charge in [0.05, 0.1) is 0 Å². The molecule has 1 aromatic carbocycles. The van der Waals surface area contributed by atoms with Crippen LogP contribution in [-0.2, 0) is 14.3 Å². The summed E-state index contributed by atoms with van der Waals surface area (Å²) in [4.78, 5) is 36.1. The molecule has 142 valence electrons. The molecule has 0 spiro atoms. The fraction of sp³-hybridized carbons (Fsp3) is 0.550. The van der Waals surface area contributed by atoms with Crippen molar-refractivity contribution in [1.29, 1.82) is 0 Å². The van der Waals surface area contributed by atoms with Crippen molar-refractivity contribution in [3.63, 3.8) is 0 Å². The second kappa shape index (κ2) is 9.36. The summed E-state index contributed by atoms with van der Waals surface area (Å²) in [6.45, 7) is 5.29. The first-order chi connectivity index (χ1) is 12.4. The Kier molecular flexibility index (Phi) is 7.18. The summed E-state index contributed by atoms with van der Waals surface area (Å²) < 4.78 is 5.13. The van der Waals surface area contributed by atoms with Gasteiger partial charge >= 0.3 is 5.97 Å². The van der Waals surface area contributed by atoms with E-state index in [1.165, 1.54) is 6.42 Å². The van der Waals surface area contributed by atoms with Gasteiger partial charge < -0.3 is 15.4 Å². The van der Waals surface area contributed by atoms with E-state index in [4.69, 9.17) is 4.74 Å². The van der Waals surface area contributed by atoms with Crippen LogP contribution in [0.2, 0.25) is 0 Å². The molecule has 2 rings (SSSR count). The van der Waals surface area contributed by atoms with E-state index in [1.807, 2.05) is 13.0 Å². The second-order valence-corrected chi connectivity index (χ2v) is 7.06. The zero-order chi connectivity index (χ0) is 19.1. The van der Waals surface area contributed by atoms with Crippen molar-refractivity contribution in [3.05, 3.63) is 35.4 Å². The highest BCUT2D eigenvalue weighted by Crippen LogP contribution is 2.23. The average Bonchev–Trinajstić information content (AvgIpc) is 2.61. The topological polar surface area (TPSA) is 84.5 Å². The van der Waals surface area contributed by atoms with E-state index < -0.39 is 12.1 Å². The first-order valence-corrected chi connectivity index (χ1v) is 9.21. The zero-order valence-electron chi connectivity index (χ0n) is 15.7. The summed E-state index contributed by atoms with van der Waals surface area (Å²) in [5.41, 5.74) is 1.44. The van der Waals surface area contributed by atoms with E-state index in [9.17, 15) is 14.4 Å². The molecule has 2 N–H and O–H groups in total. The van der Waals surface area contributed by atoms with E-state index in [0.717, 1.165) is 24.8 Å². The number of nitrogens with one attached hydrogen (secondary N) is 2. The van der Waals surface area contributed by atoms with Crippen LogP contribution in [0, 0.1) is 12.8 Å². The van der Waals surface area contributed by atoms with Crippen LogP contribution in [0.1, 0.15) is 55.5 Å².